The number of carbonyl (C=O) groups is 1. The van der Waals surface area contributed by atoms with Crippen molar-refractivity contribution < 1.29 is 18.7 Å². The van der Waals surface area contributed by atoms with E-state index in [1.54, 1.807) is 13.0 Å². The van der Waals surface area contributed by atoms with Gasteiger partial charge in [-0.3, -0.25) is 4.79 Å². The Morgan fingerprint density at radius 1 is 1.43 bits per heavy atom. The number of benzene rings is 1. The van der Waals surface area contributed by atoms with Gasteiger partial charge in [0.25, 0.3) is 0 Å². The van der Waals surface area contributed by atoms with E-state index in [-0.39, 0.29) is 36.0 Å². The summed E-state index contributed by atoms with van der Waals surface area (Å²) in [6.45, 7) is 2.34. The second-order valence-corrected chi connectivity index (χ2v) is 5.83. The molecule has 21 heavy (non-hydrogen) atoms. The molecule has 1 aromatic carbocycles. The van der Waals surface area contributed by atoms with E-state index >= 15 is 0 Å². The third-order valence-corrected chi connectivity index (χ3v) is 4.51. The van der Waals surface area contributed by atoms with Crippen molar-refractivity contribution in [1.82, 2.24) is 5.32 Å². The van der Waals surface area contributed by atoms with Gasteiger partial charge in [0, 0.05) is 12.6 Å². The second kappa shape index (κ2) is 5.73. The lowest BCUT2D eigenvalue weighted by atomic mass is 9.84. The fourth-order valence-electron chi connectivity index (χ4n) is 3.43. The molecule has 2 saturated heterocycles. The van der Waals surface area contributed by atoms with Crippen molar-refractivity contribution in [3.8, 4) is 0 Å². The summed E-state index contributed by atoms with van der Waals surface area (Å²) in [6, 6.07) is 5.03. The van der Waals surface area contributed by atoms with E-state index in [1.165, 1.54) is 13.2 Å². The fraction of sp³-hybridized carbons (Fsp3) is 0.562. The van der Waals surface area contributed by atoms with Gasteiger partial charge < -0.3 is 14.8 Å². The van der Waals surface area contributed by atoms with Crippen LogP contribution in [0, 0.1) is 18.7 Å². The summed E-state index contributed by atoms with van der Waals surface area (Å²) in [5, 5.41) is 3.39. The second-order valence-electron chi connectivity index (χ2n) is 5.83. The van der Waals surface area contributed by atoms with Gasteiger partial charge in [-0.1, -0.05) is 12.1 Å². The first-order valence-electron chi connectivity index (χ1n) is 7.32. The van der Waals surface area contributed by atoms with E-state index in [2.05, 4.69) is 5.32 Å². The highest BCUT2D eigenvalue weighted by atomic mass is 19.1. The van der Waals surface area contributed by atoms with Gasteiger partial charge in [-0.05, 0) is 37.0 Å². The average molecular weight is 293 g/mol. The molecule has 2 bridgehead atoms. The summed E-state index contributed by atoms with van der Waals surface area (Å²) in [4.78, 5) is 11.9. The SMILES string of the molecule is COC(=O)[C@H]1[C@@H](NCc2ccc(F)c(C)c2)[C@@H]2CC[C@H]1O2. The van der Waals surface area contributed by atoms with Crippen LogP contribution in [0.3, 0.4) is 0 Å². The van der Waals surface area contributed by atoms with Crippen LogP contribution in [-0.4, -0.2) is 31.3 Å². The number of fused-ring (bicyclic) bond motifs is 2. The van der Waals surface area contributed by atoms with Crippen LogP contribution in [-0.2, 0) is 20.8 Å². The Labute approximate surface area is 123 Å². The molecular formula is C16H20FNO3. The number of hydrogen-bond acceptors (Lipinski definition) is 4. The summed E-state index contributed by atoms with van der Waals surface area (Å²) >= 11 is 0. The average Bonchev–Trinajstić information content (AvgIpc) is 3.08. The van der Waals surface area contributed by atoms with E-state index in [1.807, 2.05) is 6.07 Å². The fourth-order valence-corrected chi connectivity index (χ4v) is 3.43. The predicted octanol–water partition coefficient (Wildman–Crippen LogP) is 1.94. The normalized spacial score (nSPS) is 30.6. The van der Waals surface area contributed by atoms with Crippen molar-refractivity contribution in [2.75, 3.05) is 7.11 Å². The largest absolute Gasteiger partial charge is 0.469 e. The molecule has 4 atom stereocenters. The molecule has 1 aromatic rings. The first-order valence-corrected chi connectivity index (χ1v) is 7.32. The number of hydrogen-bond donors (Lipinski definition) is 1. The molecule has 0 spiro atoms. The molecule has 2 aliphatic rings. The molecule has 114 valence electrons. The third-order valence-electron chi connectivity index (χ3n) is 4.51. The van der Waals surface area contributed by atoms with Gasteiger partial charge in [0.15, 0.2) is 0 Å². The number of rotatable bonds is 4. The maximum Gasteiger partial charge on any atom is 0.313 e. The molecule has 0 aromatic heterocycles. The van der Waals surface area contributed by atoms with Gasteiger partial charge >= 0.3 is 5.97 Å². The summed E-state index contributed by atoms with van der Waals surface area (Å²) in [5.41, 5.74) is 1.63. The molecule has 4 nitrogen and oxygen atoms in total. The van der Waals surface area contributed by atoms with E-state index < -0.39 is 0 Å². The highest BCUT2D eigenvalue weighted by Gasteiger charge is 2.52. The molecule has 0 saturated carbocycles. The van der Waals surface area contributed by atoms with E-state index in [0.717, 1.165) is 18.4 Å². The number of aryl methyl sites for hydroxylation is 1. The minimum absolute atomic E-state index is 0.0263. The topological polar surface area (TPSA) is 47.6 Å². The number of halogens is 1. The molecule has 3 rings (SSSR count). The maximum absolute atomic E-state index is 13.3. The lowest BCUT2D eigenvalue weighted by Crippen LogP contribution is -2.47. The number of ether oxygens (including phenoxy) is 2. The van der Waals surface area contributed by atoms with Gasteiger partial charge in [0.05, 0.1) is 19.3 Å². The molecule has 0 radical (unpaired) electrons. The van der Waals surface area contributed by atoms with Crippen LogP contribution in [0.4, 0.5) is 4.39 Å². The van der Waals surface area contributed by atoms with Crippen LogP contribution >= 0.6 is 0 Å². The van der Waals surface area contributed by atoms with Crippen LogP contribution in [0.1, 0.15) is 24.0 Å². The van der Waals surface area contributed by atoms with Crippen LogP contribution in [0.5, 0.6) is 0 Å². The maximum atomic E-state index is 13.3. The molecule has 2 heterocycles. The number of carbonyl (C=O) groups excluding carboxylic acids is 1. The molecular weight excluding hydrogens is 273 g/mol. The molecule has 1 N–H and O–H groups in total. The summed E-state index contributed by atoms with van der Waals surface area (Å²) in [7, 11) is 1.41. The van der Waals surface area contributed by atoms with Gasteiger partial charge in [0.1, 0.15) is 11.7 Å². The van der Waals surface area contributed by atoms with E-state index in [0.29, 0.717) is 12.1 Å². The molecule has 0 amide bonds. The van der Waals surface area contributed by atoms with Crippen molar-refractivity contribution in [2.45, 2.75) is 44.6 Å². The lowest BCUT2D eigenvalue weighted by Gasteiger charge is -2.27. The zero-order valence-electron chi connectivity index (χ0n) is 12.3. The predicted molar refractivity (Wildman–Crippen MR) is 75.2 cm³/mol. The minimum Gasteiger partial charge on any atom is -0.469 e. The van der Waals surface area contributed by atoms with Gasteiger partial charge in [-0.25, -0.2) is 4.39 Å². The Kier molecular flexibility index (Phi) is 3.95. The lowest BCUT2D eigenvalue weighted by molar-refractivity contribution is -0.147. The summed E-state index contributed by atoms with van der Waals surface area (Å²) in [5.74, 6) is -0.653. The smallest absolute Gasteiger partial charge is 0.313 e. The van der Waals surface area contributed by atoms with E-state index in [9.17, 15) is 9.18 Å². The third kappa shape index (κ3) is 2.68. The van der Waals surface area contributed by atoms with Gasteiger partial charge in [-0.15, -0.1) is 0 Å². The first-order chi connectivity index (χ1) is 10.1. The highest BCUT2D eigenvalue weighted by molar-refractivity contribution is 5.74. The Morgan fingerprint density at radius 2 is 2.19 bits per heavy atom. The monoisotopic (exact) mass is 293 g/mol. The standard InChI is InChI=1S/C16H20FNO3/c1-9-7-10(3-4-11(9)17)8-18-15-13-6-5-12(21-13)14(15)16(19)20-2/h3-4,7,12-15,18H,5-6,8H2,1-2H3/t12-,13+,14-,15+/m1/s1. The molecule has 5 heteroatoms. The number of esters is 1. The molecule has 0 unspecified atom stereocenters. The zero-order valence-corrected chi connectivity index (χ0v) is 12.3. The molecule has 2 aliphatic heterocycles. The van der Waals surface area contributed by atoms with Crippen LogP contribution in [0.2, 0.25) is 0 Å². The van der Waals surface area contributed by atoms with Gasteiger partial charge in [-0.2, -0.15) is 0 Å². The Balaban J connectivity index is 1.68. The van der Waals surface area contributed by atoms with Crippen LogP contribution in [0.15, 0.2) is 18.2 Å². The van der Waals surface area contributed by atoms with Crippen LogP contribution < -0.4 is 5.32 Å². The zero-order chi connectivity index (χ0) is 15.0. The minimum atomic E-state index is -0.240. The van der Waals surface area contributed by atoms with Crippen molar-refractivity contribution >= 4 is 5.97 Å². The van der Waals surface area contributed by atoms with Crippen molar-refractivity contribution in [3.63, 3.8) is 0 Å². The number of nitrogens with one attached hydrogen (secondary N) is 1. The Morgan fingerprint density at radius 3 is 2.90 bits per heavy atom. The van der Waals surface area contributed by atoms with Crippen LogP contribution in [0.25, 0.3) is 0 Å². The first kappa shape index (κ1) is 14.5. The molecule has 0 aliphatic carbocycles. The quantitative estimate of drug-likeness (QED) is 0.862. The highest BCUT2D eigenvalue weighted by Crippen LogP contribution is 2.39. The van der Waals surface area contributed by atoms with Crippen molar-refractivity contribution in [2.24, 2.45) is 5.92 Å². The van der Waals surface area contributed by atoms with Gasteiger partial charge in [0.2, 0.25) is 0 Å². The van der Waals surface area contributed by atoms with Crippen molar-refractivity contribution in [3.05, 3.63) is 35.1 Å². The molecule has 2 fully saturated rings. The van der Waals surface area contributed by atoms with E-state index in [4.69, 9.17) is 9.47 Å². The summed E-state index contributed by atoms with van der Waals surface area (Å²) in [6.07, 6.45) is 1.92. The Hall–Kier alpha value is -1.46. The van der Waals surface area contributed by atoms with Crippen molar-refractivity contribution in [1.29, 1.82) is 0 Å². The Bertz CT molecular complexity index is 548. The number of methoxy groups -OCH3 is 1. The summed E-state index contributed by atoms with van der Waals surface area (Å²) < 4.78 is 24.0.